The van der Waals surface area contributed by atoms with E-state index in [0.29, 0.717) is 17.1 Å². The fourth-order valence-corrected chi connectivity index (χ4v) is 6.25. The molecule has 4 rings (SSSR count). The van der Waals surface area contributed by atoms with E-state index >= 15 is 0 Å². The zero-order valence-electron chi connectivity index (χ0n) is 15.3. The highest BCUT2D eigenvalue weighted by molar-refractivity contribution is 8.00. The summed E-state index contributed by atoms with van der Waals surface area (Å²) in [6.07, 6.45) is 2.15. The van der Waals surface area contributed by atoms with Crippen LogP contribution in [0.5, 0.6) is 0 Å². The molecule has 1 amide bonds. The van der Waals surface area contributed by atoms with Crippen LogP contribution in [0.25, 0.3) is 20.7 Å². The highest BCUT2D eigenvalue weighted by atomic mass is 32.2. The maximum atomic E-state index is 13.2. The van der Waals surface area contributed by atoms with E-state index in [2.05, 4.69) is 0 Å². The summed E-state index contributed by atoms with van der Waals surface area (Å²) in [5.74, 6) is 0.139. The van der Waals surface area contributed by atoms with Crippen LogP contribution in [0.15, 0.2) is 32.8 Å². The third-order valence-electron chi connectivity index (χ3n) is 4.81. The Bertz CT molecular complexity index is 1020. The zero-order valence-corrected chi connectivity index (χ0v) is 17.8. The number of fused-ring (bicyclic) bond motifs is 1. The lowest BCUT2D eigenvalue weighted by Gasteiger charge is -2.20. The molecule has 3 aromatic rings. The molecule has 8 heteroatoms. The smallest absolute Gasteiger partial charge is 0.263 e. The third-order valence-corrected chi connectivity index (χ3v) is 7.66. The van der Waals surface area contributed by atoms with Crippen molar-refractivity contribution in [1.82, 2.24) is 14.5 Å². The monoisotopic (exact) mass is 419 g/mol. The fourth-order valence-electron chi connectivity index (χ4n) is 3.39. The number of hydrogen-bond donors (Lipinski definition) is 0. The van der Waals surface area contributed by atoms with Crippen molar-refractivity contribution in [3.05, 3.63) is 33.2 Å². The molecule has 0 radical (unpaired) electrons. The average Bonchev–Trinajstić information content (AvgIpc) is 3.41. The van der Waals surface area contributed by atoms with Crippen LogP contribution < -0.4 is 5.56 Å². The SMILES string of the molecule is CCn1c(S[C@@H](C)C(=O)N2CCCC2)nc2scc(-c3cccs3)c2c1=O. The zero-order chi connectivity index (χ0) is 19.0. The Hall–Kier alpha value is -1.64. The van der Waals surface area contributed by atoms with Crippen LogP contribution >= 0.6 is 34.4 Å². The van der Waals surface area contributed by atoms with Crippen LogP contribution in [0.3, 0.4) is 0 Å². The summed E-state index contributed by atoms with van der Waals surface area (Å²) in [4.78, 5) is 34.4. The number of nitrogens with zero attached hydrogens (tertiary/aromatic N) is 3. The van der Waals surface area contributed by atoms with Gasteiger partial charge in [-0.25, -0.2) is 4.98 Å². The van der Waals surface area contributed by atoms with Gasteiger partial charge in [0.1, 0.15) is 4.83 Å². The molecule has 0 N–H and O–H groups in total. The van der Waals surface area contributed by atoms with E-state index in [-0.39, 0.29) is 16.7 Å². The minimum Gasteiger partial charge on any atom is -0.342 e. The van der Waals surface area contributed by atoms with Gasteiger partial charge in [0.05, 0.1) is 10.6 Å². The summed E-state index contributed by atoms with van der Waals surface area (Å²) >= 11 is 4.52. The molecule has 27 heavy (non-hydrogen) atoms. The normalized spacial score (nSPS) is 15.6. The van der Waals surface area contributed by atoms with Gasteiger partial charge in [0.25, 0.3) is 5.56 Å². The first-order valence-corrected chi connectivity index (χ1v) is 11.8. The molecule has 0 spiro atoms. The maximum absolute atomic E-state index is 13.2. The Kier molecular flexibility index (Phi) is 5.39. The van der Waals surface area contributed by atoms with Gasteiger partial charge in [-0.05, 0) is 38.1 Å². The third kappa shape index (κ3) is 3.46. The molecule has 0 aromatic carbocycles. The molecular formula is C19H21N3O2S3. The summed E-state index contributed by atoms with van der Waals surface area (Å²) in [7, 11) is 0. The molecule has 0 unspecified atom stereocenters. The number of carbonyl (C=O) groups is 1. The molecule has 1 fully saturated rings. The largest absolute Gasteiger partial charge is 0.342 e. The van der Waals surface area contributed by atoms with Gasteiger partial charge in [-0.3, -0.25) is 14.2 Å². The molecule has 1 aliphatic heterocycles. The highest BCUT2D eigenvalue weighted by Gasteiger charge is 2.26. The van der Waals surface area contributed by atoms with Gasteiger partial charge < -0.3 is 4.90 Å². The van der Waals surface area contributed by atoms with Gasteiger partial charge in [-0.15, -0.1) is 22.7 Å². The number of thioether (sulfide) groups is 1. The first-order chi connectivity index (χ1) is 13.1. The van der Waals surface area contributed by atoms with E-state index in [1.165, 1.54) is 23.1 Å². The van der Waals surface area contributed by atoms with Crippen molar-refractivity contribution in [2.75, 3.05) is 13.1 Å². The van der Waals surface area contributed by atoms with Gasteiger partial charge in [0.15, 0.2) is 5.16 Å². The topological polar surface area (TPSA) is 55.2 Å². The summed E-state index contributed by atoms with van der Waals surface area (Å²) in [6.45, 7) is 6.07. The lowest BCUT2D eigenvalue weighted by molar-refractivity contribution is -0.129. The van der Waals surface area contributed by atoms with E-state index in [1.807, 2.05) is 41.6 Å². The first-order valence-electron chi connectivity index (χ1n) is 9.11. The number of aromatic nitrogens is 2. The molecule has 0 bridgehead atoms. The Morgan fingerprint density at radius 3 is 2.78 bits per heavy atom. The van der Waals surface area contributed by atoms with Crippen molar-refractivity contribution in [2.45, 2.75) is 43.6 Å². The van der Waals surface area contributed by atoms with E-state index in [1.54, 1.807) is 15.9 Å². The molecule has 3 aromatic heterocycles. The molecule has 1 aliphatic rings. The highest BCUT2D eigenvalue weighted by Crippen LogP contribution is 2.35. The molecular weight excluding hydrogens is 398 g/mol. The predicted molar refractivity (Wildman–Crippen MR) is 114 cm³/mol. The maximum Gasteiger partial charge on any atom is 0.263 e. The van der Waals surface area contributed by atoms with Crippen molar-refractivity contribution in [2.24, 2.45) is 0 Å². The van der Waals surface area contributed by atoms with Gasteiger partial charge in [-0.1, -0.05) is 17.8 Å². The quantitative estimate of drug-likeness (QED) is 0.457. The fraction of sp³-hybridized carbons (Fsp3) is 0.421. The lowest BCUT2D eigenvalue weighted by Crippen LogP contribution is -2.34. The molecule has 0 saturated carbocycles. The second-order valence-electron chi connectivity index (χ2n) is 6.54. The first kappa shape index (κ1) is 18.7. The number of rotatable bonds is 5. The van der Waals surface area contributed by atoms with Crippen LogP contribution in [0.4, 0.5) is 0 Å². The van der Waals surface area contributed by atoms with Crippen molar-refractivity contribution >= 4 is 50.6 Å². The summed E-state index contributed by atoms with van der Waals surface area (Å²) < 4.78 is 1.70. The van der Waals surface area contributed by atoms with E-state index in [4.69, 9.17) is 4.98 Å². The molecule has 0 aliphatic carbocycles. The minimum absolute atomic E-state index is 0.0181. The molecule has 1 atom stereocenters. The number of likely N-dealkylation sites (tertiary alicyclic amines) is 1. The van der Waals surface area contributed by atoms with Gasteiger partial charge >= 0.3 is 0 Å². The minimum atomic E-state index is -0.248. The van der Waals surface area contributed by atoms with Gasteiger partial charge in [-0.2, -0.15) is 0 Å². The van der Waals surface area contributed by atoms with Crippen LogP contribution in [0.1, 0.15) is 26.7 Å². The molecule has 1 saturated heterocycles. The number of amides is 1. The summed E-state index contributed by atoms with van der Waals surface area (Å²) in [6, 6.07) is 4.02. The van der Waals surface area contributed by atoms with E-state index in [0.717, 1.165) is 41.2 Å². The number of carbonyl (C=O) groups excluding carboxylic acids is 1. The van der Waals surface area contributed by atoms with Crippen LogP contribution in [0.2, 0.25) is 0 Å². The van der Waals surface area contributed by atoms with Gasteiger partial charge in [0, 0.05) is 35.5 Å². The van der Waals surface area contributed by atoms with Crippen LogP contribution in [-0.2, 0) is 11.3 Å². The molecule has 142 valence electrons. The van der Waals surface area contributed by atoms with Crippen molar-refractivity contribution < 1.29 is 4.79 Å². The Balaban J connectivity index is 1.71. The summed E-state index contributed by atoms with van der Waals surface area (Å²) in [5, 5.41) is 5.10. The Labute approximate surface area is 170 Å². The lowest BCUT2D eigenvalue weighted by atomic mass is 10.2. The van der Waals surface area contributed by atoms with Crippen LogP contribution in [0, 0.1) is 0 Å². The molecule has 4 heterocycles. The van der Waals surface area contributed by atoms with Crippen molar-refractivity contribution in [1.29, 1.82) is 0 Å². The van der Waals surface area contributed by atoms with Gasteiger partial charge in [0.2, 0.25) is 5.91 Å². The standard InChI is InChI=1S/C19H21N3O2S3/c1-3-22-18(24)15-13(14-7-6-10-25-14)11-26-16(15)20-19(22)27-12(2)17(23)21-8-4-5-9-21/h6-7,10-12H,3-5,8-9H2,1-2H3/t12-/m0/s1. The second kappa shape index (κ2) is 7.77. The second-order valence-corrected chi connectivity index (χ2v) is 9.66. The average molecular weight is 420 g/mol. The number of hydrogen-bond acceptors (Lipinski definition) is 6. The Morgan fingerprint density at radius 2 is 2.11 bits per heavy atom. The van der Waals surface area contributed by atoms with Crippen molar-refractivity contribution in [3.63, 3.8) is 0 Å². The molecule has 5 nitrogen and oxygen atoms in total. The number of thiophene rings is 2. The predicted octanol–water partition coefficient (Wildman–Crippen LogP) is 4.31. The van der Waals surface area contributed by atoms with E-state index < -0.39 is 0 Å². The Morgan fingerprint density at radius 1 is 1.33 bits per heavy atom. The van der Waals surface area contributed by atoms with E-state index in [9.17, 15) is 9.59 Å². The summed E-state index contributed by atoms with van der Waals surface area (Å²) in [5.41, 5.74) is 0.943. The van der Waals surface area contributed by atoms with Crippen molar-refractivity contribution in [3.8, 4) is 10.4 Å². The van der Waals surface area contributed by atoms with Crippen LogP contribution in [-0.4, -0.2) is 38.7 Å².